The lowest BCUT2D eigenvalue weighted by Gasteiger charge is -2.15. The number of benzene rings is 1. The van der Waals surface area contributed by atoms with Crippen LogP contribution in [0.5, 0.6) is 0 Å². The van der Waals surface area contributed by atoms with Crippen LogP contribution in [0.25, 0.3) is 5.69 Å². The van der Waals surface area contributed by atoms with E-state index in [-0.39, 0.29) is 11.9 Å². The second kappa shape index (κ2) is 4.67. The SMILES string of the molecule is CC[C@@H](N)c1cncn1-c1cccc(F)c1C. The maximum absolute atomic E-state index is 13.5. The first-order valence-electron chi connectivity index (χ1n) is 5.68. The van der Waals surface area contributed by atoms with Crippen LogP contribution >= 0.6 is 0 Å². The van der Waals surface area contributed by atoms with Crippen LogP contribution in [0.1, 0.15) is 30.6 Å². The third kappa shape index (κ3) is 2.08. The number of hydrogen-bond acceptors (Lipinski definition) is 2. The summed E-state index contributed by atoms with van der Waals surface area (Å²) in [5.74, 6) is -0.216. The molecule has 2 rings (SSSR count). The van der Waals surface area contributed by atoms with Gasteiger partial charge in [-0.3, -0.25) is 0 Å². The third-order valence-electron chi connectivity index (χ3n) is 2.99. The molecule has 90 valence electrons. The molecule has 0 fully saturated rings. The van der Waals surface area contributed by atoms with E-state index in [1.807, 2.05) is 17.6 Å². The van der Waals surface area contributed by atoms with Gasteiger partial charge in [0.25, 0.3) is 0 Å². The van der Waals surface area contributed by atoms with Crippen LogP contribution < -0.4 is 5.73 Å². The van der Waals surface area contributed by atoms with E-state index in [1.165, 1.54) is 6.07 Å². The zero-order valence-electron chi connectivity index (χ0n) is 10.0. The fourth-order valence-electron chi connectivity index (χ4n) is 1.85. The Kier molecular flexibility index (Phi) is 3.24. The molecular weight excluding hydrogens is 217 g/mol. The van der Waals surface area contributed by atoms with E-state index < -0.39 is 0 Å². The molecule has 0 radical (unpaired) electrons. The fourth-order valence-corrected chi connectivity index (χ4v) is 1.85. The average Bonchev–Trinajstić information content (AvgIpc) is 2.80. The van der Waals surface area contributed by atoms with Gasteiger partial charge < -0.3 is 10.3 Å². The lowest BCUT2D eigenvalue weighted by Crippen LogP contribution is -2.14. The highest BCUT2D eigenvalue weighted by Crippen LogP contribution is 2.22. The molecule has 1 atom stereocenters. The van der Waals surface area contributed by atoms with Gasteiger partial charge in [-0.1, -0.05) is 13.0 Å². The summed E-state index contributed by atoms with van der Waals surface area (Å²) in [5, 5.41) is 0. The highest BCUT2D eigenvalue weighted by atomic mass is 19.1. The van der Waals surface area contributed by atoms with E-state index in [2.05, 4.69) is 4.98 Å². The first kappa shape index (κ1) is 11.8. The first-order valence-corrected chi connectivity index (χ1v) is 5.68. The molecular formula is C13H16FN3. The lowest BCUT2D eigenvalue weighted by atomic mass is 10.1. The van der Waals surface area contributed by atoms with Crippen molar-refractivity contribution in [2.75, 3.05) is 0 Å². The minimum absolute atomic E-state index is 0.0832. The Morgan fingerprint density at radius 1 is 1.47 bits per heavy atom. The topological polar surface area (TPSA) is 43.8 Å². The summed E-state index contributed by atoms with van der Waals surface area (Å²) in [6, 6.07) is 4.93. The molecule has 0 aliphatic carbocycles. The Labute approximate surface area is 100 Å². The molecule has 0 spiro atoms. The van der Waals surface area contributed by atoms with Gasteiger partial charge in [-0.25, -0.2) is 9.37 Å². The van der Waals surface area contributed by atoms with Crippen LogP contribution in [0.3, 0.4) is 0 Å². The summed E-state index contributed by atoms with van der Waals surface area (Å²) in [7, 11) is 0. The molecule has 0 amide bonds. The van der Waals surface area contributed by atoms with E-state index in [0.29, 0.717) is 5.56 Å². The summed E-state index contributed by atoms with van der Waals surface area (Å²) in [5.41, 5.74) is 8.31. The summed E-state index contributed by atoms with van der Waals surface area (Å²) in [4.78, 5) is 4.10. The number of imidazole rings is 1. The quantitative estimate of drug-likeness (QED) is 0.885. The molecule has 0 saturated carbocycles. The summed E-state index contributed by atoms with van der Waals surface area (Å²) < 4.78 is 15.4. The maximum Gasteiger partial charge on any atom is 0.128 e. The summed E-state index contributed by atoms with van der Waals surface area (Å²) in [6.45, 7) is 3.77. The lowest BCUT2D eigenvalue weighted by molar-refractivity contribution is 0.613. The number of rotatable bonds is 3. The average molecular weight is 233 g/mol. The fraction of sp³-hybridized carbons (Fsp3) is 0.308. The summed E-state index contributed by atoms with van der Waals surface area (Å²) in [6.07, 6.45) is 4.23. The molecule has 2 aromatic rings. The number of hydrogen-bond donors (Lipinski definition) is 1. The first-order chi connectivity index (χ1) is 8.15. The predicted octanol–water partition coefficient (Wildman–Crippen LogP) is 2.73. The molecule has 0 saturated heterocycles. The van der Waals surface area contributed by atoms with Gasteiger partial charge in [-0.15, -0.1) is 0 Å². The number of nitrogens with zero attached hydrogens (tertiary/aromatic N) is 2. The van der Waals surface area contributed by atoms with Gasteiger partial charge in [0.2, 0.25) is 0 Å². The normalized spacial score (nSPS) is 12.7. The highest BCUT2D eigenvalue weighted by Gasteiger charge is 2.13. The highest BCUT2D eigenvalue weighted by molar-refractivity contribution is 5.42. The molecule has 1 aromatic carbocycles. The van der Waals surface area contributed by atoms with Crippen LogP contribution in [0.2, 0.25) is 0 Å². The largest absolute Gasteiger partial charge is 0.323 e. The van der Waals surface area contributed by atoms with Crippen LogP contribution in [-0.2, 0) is 0 Å². The molecule has 1 aromatic heterocycles. The van der Waals surface area contributed by atoms with Crippen molar-refractivity contribution in [3.63, 3.8) is 0 Å². The smallest absolute Gasteiger partial charge is 0.128 e. The van der Waals surface area contributed by atoms with Crippen molar-refractivity contribution in [2.45, 2.75) is 26.3 Å². The van der Waals surface area contributed by atoms with Crippen molar-refractivity contribution in [3.8, 4) is 5.69 Å². The van der Waals surface area contributed by atoms with Gasteiger partial charge >= 0.3 is 0 Å². The van der Waals surface area contributed by atoms with Crippen molar-refractivity contribution in [2.24, 2.45) is 5.73 Å². The van der Waals surface area contributed by atoms with Gasteiger partial charge in [0.15, 0.2) is 0 Å². The zero-order chi connectivity index (χ0) is 12.4. The Hall–Kier alpha value is -1.68. The minimum atomic E-state index is -0.216. The second-order valence-electron chi connectivity index (χ2n) is 4.09. The van der Waals surface area contributed by atoms with E-state index in [9.17, 15) is 4.39 Å². The van der Waals surface area contributed by atoms with Crippen molar-refractivity contribution in [1.82, 2.24) is 9.55 Å². The van der Waals surface area contributed by atoms with Crippen LogP contribution in [0.15, 0.2) is 30.7 Å². The Balaban J connectivity index is 2.54. The molecule has 0 unspecified atom stereocenters. The van der Waals surface area contributed by atoms with Gasteiger partial charge in [0.1, 0.15) is 5.82 Å². The minimum Gasteiger partial charge on any atom is -0.323 e. The second-order valence-corrected chi connectivity index (χ2v) is 4.09. The zero-order valence-corrected chi connectivity index (χ0v) is 10.0. The Morgan fingerprint density at radius 3 is 2.94 bits per heavy atom. The molecule has 3 nitrogen and oxygen atoms in total. The number of aromatic nitrogens is 2. The van der Waals surface area contributed by atoms with E-state index in [4.69, 9.17) is 5.73 Å². The molecule has 0 aliphatic heterocycles. The van der Waals surface area contributed by atoms with Gasteiger partial charge in [-0.2, -0.15) is 0 Å². The van der Waals surface area contributed by atoms with Crippen molar-refractivity contribution >= 4 is 0 Å². The van der Waals surface area contributed by atoms with E-state index in [0.717, 1.165) is 17.8 Å². The molecule has 17 heavy (non-hydrogen) atoms. The number of nitrogens with two attached hydrogens (primary N) is 1. The summed E-state index contributed by atoms with van der Waals surface area (Å²) >= 11 is 0. The van der Waals surface area contributed by atoms with Crippen LogP contribution in [0.4, 0.5) is 4.39 Å². The maximum atomic E-state index is 13.5. The van der Waals surface area contributed by atoms with Gasteiger partial charge in [0, 0.05) is 11.6 Å². The number of halogens is 1. The van der Waals surface area contributed by atoms with Gasteiger partial charge in [0.05, 0.1) is 23.9 Å². The standard InChI is InChI=1S/C13H16FN3/c1-3-11(15)13-7-16-8-17(13)12-6-4-5-10(14)9(12)2/h4-8,11H,3,15H2,1-2H3/t11-/m1/s1. The molecule has 0 bridgehead atoms. The monoisotopic (exact) mass is 233 g/mol. The van der Waals surface area contributed by atoms with Crippen molar-refractivity contribution in [1.29, 1.82) is 0 Å². The van der Waals surface area contributed by atoms with Crippen molar-refractivity contribution in [3.05, 3.63) is 47.8 Å². The van der Waals surface area contributed by atoms with Crippen LogP contribution in [-0.4, -0.2) is 9.55 Å². The Bertz CT molecular complexity index is 519. The van der Waals surface area contributed by atoms with E-state index >= 15 is 0 Å². The van der Waals surface area contributed by atoms with E-state index in [1.54, 1.807) is 25.5 Å². The Morgan fingerprint density at radius 2 is 2.24 bits per heavy atom. The predicted molar refractivity (Wildman–Crippen MR) is 65.5 cm³/mol. The molecule has 0 aliphatic rings. The molecule has 2 N–H and O–H groups in total. The van der Waals surface area contributed by atoms with Crippen molar-refractivity contribution < 1.29 is 4.39 Å². The molecule has 4 heteroatoms. The third-order valence-corrected chi connectivity index (χ3v) is 2.99. The molecule has 1 heterocycles. The van der Waals surface area contributed by atoms with Crippen LogP contribution in [0, 0.1) is 12.7 Å². The van der Waals surface area contributed by atoms with Gasteiger partial charge in [-0.05, 0) is 25.5 Å².